The Bertz CT molecular complexity index is 501. The molecule has 1 aromatic rings. The quantitative estimate of drug-likeness (QED) is 0.460. The number of nitrogens with zero attached hydrogens (tertiary/aromatic N) is 2. The molecule has 0 spiro atoms. The Hall–Kier alpha value is -2.44. The second-order valence-corrected chi connectivity index (χ2v) is 4.02. The summed E-state index contributed by atoms with van der Waals surface area (Å²) in [6.07, 6.45) is 0.768. The van der Waals surface area contributed by atoms with E-state index in [9.17, 15) is 19.7 Å². The maximum Gasteiger partial charge on any atom is 0.303 e. The molecule has 0 atom stereocenters. The third-order valence-corrected chi connectivity index (χ3v) is 2.64. The fourth-order valence-corrected chi connectivity index (χ4v) is 1.62. The molecule has 1 amide bonds. The Kier molecular flexibility index (Phi) is 4.99. The van der Waals surface area contributed by atoms with Gasteiger partial charge < -0.3 is 10.0 Å². The van der Waals surface area contributed by atoms with Gasteiger partial charge in [-0.05, 0) is 19.4 Å². The van der Waals surface area contributed by atoms with Crippen LogP contribution in [-0.4, -0.2) is 29.0 Å². The van der Waals surface area contributed by atoms with Crippen LogP contribution < -0.4 is 4.90 Å². The van der Waals surface area contributed by atoms with Crippen LogP contribution in [0.3, 0.4) is 0 Å². The molecule has 0 aliphatic heterocycles. The molecule has 1 rings (SSSR count). The van der Waals surface area contributed by atoms with E-state index < -0.39 is 10.9 Å². The van der Waals surface area contributed by atoms with Crippen LogP contribution in [0.1, 0.15) is 18.4 Å². The summed E-state index contributed by atoms with van der Waals surface area (Å²) in [7, 11) is 0. The highest BCUT2D eigenvalue weighted by atomic mass is 16.6. The molecule has 102 valence electrons. The van der Waals surface area contributed by atoms with Gasteiger partial charge in [-0.15, -0.1) is 0 Å². The Morgan fingerprint density at radius 3 is 2.74 bits per heavy atom. The highest BCUT2D eigenvalue weighted by molar-refractivity contribution is 5.76. The van der Waals surface area contributed by atoms with Gasteiger partial charge in [0.25, 0.3) is 5.69 Å². The average Bonchev–Trinajstić information content (AvgIpc) is 2.35. The monoisotopic (exact) mass is 266 g/mol. The Morgan fingerprint density at radius 1 is 1.53 bits per heavy atom. The van der Waals surface area contributed by atoms with Crippen molar-refractivity contribution >= 4 is 23.8 Å². The molecule has 0 fully saturated rings. The van der Waals surface area contributed by atoms with E-state index in [0.29, 0.717) is 17.7 Å². The van der Waals surface area contributed by atoms with E-state index in [1.54, 1.807) is 19.1 Å². The third kappa shape index (κ3) is 4.06. The van der Waals surface area contributed by atoms with Gasteiger partial charge in [-0.3, -0.25) is 19.7 Å². The van der Waals surface area contributed by atoms with Crippen LogP contribution in [0.4, 0.5) is 11.4 Å². The molecule has 1 aromatic carbocycles. The topological polar surface area (TPSA) is 101 Å². The number of hydrogen-bond donors (Lipinski definition) is 1. The first-order valence-electron chi connectivity index (χ1n) is 5.64. The molecule has 0 aliphatic rings. The number of carboxylic acid groups (broad SMARTS) is 1. The molecule has 0 unspecified atom stereocenters. The van der Waals surface area contributed by atoms with E-state index in [1.807, 2.05) is 0 Å². The zero-order valence-electron chi connectivity index (χ0n) is 10.4. The predicted octanol–water partition coefficient (Wildman–Crippen LogP) is 1.73. The number of aliphatic carboxylic acids is 1. The minimum Gasteiger partial charge on any atom is -0.481 e. The summed E-state index contributed by atoms with van der Waals surface area (Å²) in [6.45, 7) is 1.81. The zero-order chi connectivity index (χ0) is 14.4. The summed E-state index contributed by atoms with van der Waals surface area (Å²) in [5, 5.41) is 19.3. The van der Waals surface area contributed by atoms with Gasteiger partial charge in [0, 0.05) is 24.6 Å². The molecule has 0 saturated heterocycles. The van der Waals surface area contributed by atoms with Gasteiger partial charge >= 0.3 is 5.97 Å². The lowest BCUT2D eigenvalue weighted by Crippen LogP contribution is -2.23. The summed E-state index contributed by atoms with van der Waals surface area (Å²) < 4.78 is 0. The molecule has 0 aromatic heterocycles. The molecule has 0 heterocycles. The van der Waals surface area contributed by atoms with Gasteiger partial charge in [0.15, 0.2) is 0 Å². The number of hydrogen-bond acceptors (Lipinski definition) is 4. The smallest absolute Gasteiger partial charge is 0.303 e. The number of rotatable bonds is 7. The molecule has 19 heavy (non-hydrogen) atoms. The number of nitro groups is 1. The minimum atomic E-state index is -0.944. The number of carboxylic acids is 1. The van der Waals surface area contributed by atoms with Crippen molar-refractivity contribution in [1.29, 1.82) is 0 Å². The molecular formula is C12H14N2O5. The molecule has 0 bridgehead atoms. The highest BCUT2D eigenvalue weighted by Gasteiger charge is 2.14. The maximum absolute atomic E-state index is 11.0. The third-order valence-electron chi connectivity index (χ3n) is 2.64. The SMILES string of the molecule is Cc1ccc(N(C=O)CCCC(=O)O)cc1[N+](=O)[O-]. The van der Waals surface area contributed by atoms with Gasteiger partial charge in [-0.1, -0.05) is 6.07 Å². The standard InChI is InChI=1S/C12H14N2O5/c1-9-4-5-10(7-11(9)14(18)19)13(8-15)6-2-3-12(16)17/h4-5,7-8H,2-3,6H2,1H3,(H,16,17). The molecule has 0 saturated carbocycles. The first-order chi connectivity index (χ1) is 8.95. The lowest BCUT2D eigenvalue weighted by atomic mass is 10.1. The van der Waals surface area contributed by atoms with E-state index >= 15 is 0 Å². The molecule has 7 nitrogen and oxygen atoms in total. The van der Waals surface area contributed by atoms with E-state index in [0.717, 1.165) is 0 Å². The van der Waals surface area contributed by atoms with Crippen molar-refractivity contribution in [3.05, 3.63) is 33.9 Å². The Balaban J connectivity index is 2.86. The van der Waals surface area contributed by atoms with Crippen LogP contribution in [-0.2, 0) is 9.59 Å². The number of anilines is 1. The average molecular weight is 266 g/mol. The molecular weight excluding hydrogens is 252 g/mol. The second-order valence-electron chi connectivity index (χ2n) is 4.02. The summed E-state index contributed by atoms with van der Waals surface area (Å²) in [5.41, 5.74) is 0.824. The van der Waals surface area contributed by atoms with Gasteiger partial charge in [-0.25, -0.2) is 0 Å². The van der Waals surface area contributed by atoms with Crippen molar-refractivity contribution in [3.63, 3.8) is 0 Å². The van der Waals surface area contributed by atoms with Crippen LogP contribution >= 0.6 is 0 Å². The van der Waals surface area contributed by atoms with E-state index in [4.69, 9.17) is 5.11 Å². The van der Waals surface area contributed by atoms with Crippen LogP contribution in [0.25, 0.3) is 0 Å². The normalized spacial score (nSPS) is 9.95. The van der Waals surface area contributed by atoms with Crippen molar-refractivity contribution in [2.45, 2.75) is 19.8 Å². The van der Waals surface area contributed by atoms with Gasteiger partial charge in [0.05, 0.1) is 10.6 Å². The predicted molar refractivity (Wildman–Crippen MR) is 68.1 cm³/mol. The number of aryl methyl sites for hydroxylation is 1. The van der Waals surface area contributed by atoms with E-state index in [2.05, 4.69) is 0 Å². The number of carbonyl (C=O) groups is 2. The van der Waals surface area contributed by atoms with Crippen molar-refractivity contribution in [2.24, 2.45) is 0 Å². The Labute approximate surface area is 109 Å². The van der Waals surface area contributed by atoms with Crippen molar-refractivity contribution in [3.8, 4) is 0 Å². The Morgan fingerprint density at radius 2 is 2.21 bits per heavy atom. The van der Waals surface area contributed by atoms with Crippen LogP contribution in [0.5, 0.6) is 0 Å². The van der Waals surface area contributed by atoms with Gasteiger partial charge in [0.1, 0.15) is 0 Å². The van der Waals surface area contributed by atoms with E-state index in [-0.39, 0.29) is 25.1 Å². The second kappa shape index (κ2) is 6.48. The summed E-state index contributed by atoms with van der Waals surface area (Å²) in [6, 6.07) is 4.46. The van der Waals surface area contributed by atoms with Crippen LogP contribution in [0.2, 0.25) is 0 Å². The summed E-state index contributed by atoms with van der Waals surface area (Å²) >= 11 is 0. The van der Waals surface area contributed by atoms with Crippen molar-refractivity contribution in [1.82, 2.24) is 0 Å². The van der Waals surface area contributed by atoms with Crippen LogP contribution in [0, 0.1) is 17.0 Å². The van der Waals surface area contributed by atoms with Gasteiger partial charge in [0.2, 0.25) is 6.41 Å². The van der Waals surface area contributed by atoms with Crippen LogP contribution in [0.15, 0.2) is 18.2 Å². The summed E-state index contributed by atoms with van der Waals surface area (Å²) in [4.78, 5) is 32.9. The fourth-order valence-electron chi connectivity index (χ4n) is 1.62. The lowest BCUT2D eigenvalue weighted by molar-refractivity contribution is -0.385. The number of benzene rings is 1. The lowest BCUT2D eigenvalue weighted by Gasteiger charge is -2.17. The van der Waals surface area contributed by atoms with Crippen molar-refractivity contribution in [2.75, 3.05) is 11.4 Å². The fraction of sp³-hybridized carbons (Fsp3) is 0.333. The van der Waals surface area contributed by atoms with Gasteiger partial charge in [-0.2, -0.15) is 0 Å². The number of amides is 1. The summed E-state index contributed by atoms with van der Waals surface area (Å²) in [5.74, 6) is -0.944. The largest absolute Gasteiger partial charge is 0.481 e. The van der Waals surface area contributed by atoms with E-state index in [1.165, 1.54) is 11.0 Å². The molecule has 0 radical (unpaired) electrons. The first-order valence-corrected chi connectivity index (χ1v) is 5.64. The molecule has 7 heteroatoms. The highest BCUT2D eigenvalue weighted by Crippen LogP contribution is 2.24. The number of carbonyl (C=O) groups excluding carboxylic acids is 1. The first kappa shape index (κ1) is 14.6. The van der Waals surface area contributed by atoms with Crippen molar-refractivity contribution < 1.29 is 19.6 Å². The molecule has 1 N–H and O–H groups in total. The maximum atomic E-state index is 11.0. The molecule has 0 aliphatic carbocycles. The number of nitro benzene ring substituents is 1. The zero-order valence-corrected chi connectivity index (χ0v) is 10.4. The minimum absolute atomic E-state index is 0.0572.